The van der Waals surface area contributed by atoms with Gasteiger partial charge in [-0.15, -0.1) is 0 Å². The van der Waals surface area contributed by atoms with E-state index in [1.54, 1.807) is 0 Å². The molecular weight excluding hydrogens is 200 g/mol. The minimum atomic E-state index is -1.53. The van der Waals surface area contributed by atoms with E-state index in [0.717, 1.165) is 5.56 Å². The second-order valence-corrected chi connectivity index (χ2v) is 10.0. The topological polar surface area (TPSA) is 20.2 Å². The van der Waals surface area contributed by atoms with Crippen LogP contribution in [0.15, 0.2) is 24.3 Å². The minimum absolute atomic E-state index is 0.328. The Hall–Kier alpha value is -0.313. The highest BCUT2D eigenvalue weighted by Gasteiger charge is 2.25. The maximum absolute atomic E-state index is 9.98. The van der Waals surface area contributed by atoms with E-state index in [-0.39, 0.29) is 5.73 Å². The average molecular weight is 215 g/mol. The first-order valence-electron chi connectivity index (χ1n) is 4.35. The predicted octanol–water partition coefficient (Wildman–Crippen LogP) is 3.25. The molecule has 1 rings (SSSR count). The van der Waals surface area contributed by atoms with Crippen LogP contribution in [0.5, 0.6) is 0 Å². The van der Waals surface area contributed by atoms with Crippen molar-refractivity contribution in [3.05, 3.63) is 34.9 Å². The SMILES string of the molecule is C[Si](C)(C)[C@H](O)c1cccc(Cl)c1. The van der Waals surface area contributed by atoms with E-state index in [1.165, 1.54) is 0 Å². The second kappa shape index (κ2) is 3.82. The van der Waals surface area contributed by atoms with E-state index in [4.69, 9.17) is 11.6 Å². The van der Waals surface area contributed by atoms with Crippen LogP contribution in [0.1, 0.15) is 11.3 Å². The van der Waals surface area contributed by atoms with Crippen LogP contribution in [0.3, 0.4) is 0 Å². The molecule has 1 aromatic rings. The summed E-state index contributed by atoms with van der Waals surface area (Å²) in [4.78, 5) is 0. The lowest BCUT2D eigenvalue weighted by Gasteiger charge is -2.24. The van der Waals surface area contributed by atoms with Gasteiger partial charge in [0.2, 0.25) is 0 Å². The fourth-order valence-corrected chi connectivity index (χ4v) is 2.55. The molecule has 13 heavy (non-hydrogen) atoms. The van der Waals surface area contributed by atoms with Gasteiger partial charge in [0.1, 0.15) is 0 Å². The van der Waals surface area contributed by atoms with Crippen LogP contribution in [0.2, 0.25) is 24.7 Å². The molecule has 3 heteroatoms. The fourth-order valence-electron chi connectivity index (χ4n) is 1.18. The first-order chi connectivity index (χ1) is 5.91. The molecule has 0 aliphatic heterocycles. The van der Waals surface area contributed by atoms with Crippen molar-refractivity contribution < 1.29 is 5.11 Å². The van der Waals surface area contributed by atoms with Crippen molar-refractivity contribution in [2.45, 2.75) is 25.4 Å². The van der Waals surface area contributed by atoms with E-state index in [0.29, 0.717) is 5.02 Å². The molecule has 0 spiro atoms. The summed E-state index contributed by atoms with van der Waals surface area (Å²) >= 11 is 5.84. The second-order valence-electron chi connectivity index (χ2n) is 4.32. The minimum Gasteiger partial charge on any atom is -0.392 e. The number of benzene rings is 1. The highest BCUT2D eigenvalue weighted by atomic mass is 35.5. The van der Waals surface area contributed by atoms with Crippen LogP contribution < -0.4 is 0 Å². The van der Waals surface area contributed by atoms with Gasteiger partial charge in [0, 0.05) is 5.02 Å². The van der Waals surface area contributed by atoms with Gasteiger partial charge in [-0.1, -0.05) is 43.4 Å². The normalized spacial score (nSPS) is 14.2. The molecule has 0 heterocycles. The summed E-state index contributed by atoms with van der Waals surface area (Å²) in [6.07, 6.45) is 0. The third-order valence-electron chi connectivity index (χ3n) is 1.98. The molecule has 1 aromatic carbocycles. The molecule has 0 radical (unpaired) electrons. The van der Waals surface area contributed by atoms with Gasteiger partial charge in [0.25, 0.3) is 0 Å². The van der Waals surface area contributed by atoms with Crippen molar-refractivity contribution in [3.8, 4) is 0 Å². The van der Waals surface area contributed by atoms with Crippen LogP contribution in [-0.2, 0) is 0 Å². The van der Waals surface area contributed by atoms with Crippen molar-refractivity contribution in [2.75, 3.05) is 0 Å². The summed E-state index contributed by atoms with van der Waals surface area (Å²) in [7, 11) is -1.53. The molecule has 0 amide bonds. The lowest BCUT2D eigenvalue weighted by Crippen LogP contribution is -2.30. The Morgan fingerprint density at radius 3 is 2.38 bits per heavy atom. The van der Waals surface area contributed by atoms with Crippen LogP contribution >= 0.6 is 11.6 Å². The van der Waals surface area contributed by atoms with Crippen molar-refractivity contribution in [3.63, 3.8) is 0 Å². The number of halogens is 1. The average Bonchev–Trinajstić information content (AvgIpc) is 2.01. The summed E-state index contributed by atoms with van der Waals surface area (Å²) in [5.41, 5.74) is 0.609. The molecule has 0 saturated heterocycles. The van der Waals surface area contributed by atoms with Gasteiger partial charge < -0.3 is 5.11 Å². The molecule has 0 bridgehead atoms. The molecule has 0 fully saturated rings. The highest BCUT2D eigenvalue weighted by molar-refractivity contribution is 6.77. The maximum atomic E-state index is 9.98. The van der Waals surface area contributed by atoms with Crippen molar-refractivity contribution in [1.82, 2.24) is 0 Å². The molecule has 0 unspecified atom stereocenters. The summed E-state index contributed by atoms with van der Waals surface area (Å²) in [5.74, 6) is 0. The molecule has 1 nitrogen and oxygen atoms in total. The first kappa shape index (κ1) is 10.8. The van der Waals surface area contributed by atoms with Gasteiger partial charge in [-0.2, -0.15) is 0 Å². The summed E-state index contributed by atoms with van der Waals surface area (Å²) in [5, 5.41) is 10.7. The van der Waals surface area contributed by atoms with Crippen LogP contribution in [0, 0.1) is 0 Å². The Kier molecular flexibility index (Phi) is 3.17. The Bertz CT molecular complexity index is 293. The molecule has 0 aliphatic rings. The standard InChI is InChI=1S/C10H15ClOSi/c1-13(2,3)10(12)8-5-4-6-9(11)7-8/h4-7,10,12H,1-3H3/t10-/m0/s1. The Morgan fingerprint density at radius 2 is 1.92 bits per heavy atom. The van der Waals surface area contributed by atoms with E-state index < -0.39 is 8.07 Å². The third kappa shape index (κ3) is 2.83. The van der Waals surface area contributed by atoms with Crippen LogP contribution in [-0.4, -0.2) is 13.2 Å². The lowest BCUT2D eigenvalue weighted by molar-refractivity contribution is 0.250. The van der Waals surface area contributed by atoms with Crippen molar-refractivity contribution in [1.29, 1.82) is 0 Å². The molecule has 72 valence electrons. The smallest absolute Gasteiger partial charge is 0.0838 e. The lowest BCUT2D eigenvalue weighted by atomic mass is 10.2. The van der Waals surface area contributed by atoms with Gasteiger partial charge in [0.05, 0.1) is 13.8 Å². The van der Waals surface area contributed by atoms with E-state index in [2.05, 4.69) is 19.6 Å². The molecule has 0 aliphatic carbocycles. The Balaban J connectivity index is 2.96. The van der Waals surface area contributed by atoms with Gasteiger partial charge in [0.15, 0.2) is 0 Å². The van der Waals surface area contributed by atoms with E-state index in [9.17, 15) is 5.11 Å². The molecular formula is C10H15ClOSi. The largest absolute Gasteiger partial charge is 0.392 e. The maximum Gasteiger partial charge on any atom is 0.0838 e. The number of aliphatic hydroxyl groups is 1. The Morgan fingerprint density at radius 1 is 1.31 bits per heavy atom. The van der Waals surface area contributed by atoms with Gasteiger partial charge in [-0.25, -0.2) is 0 Å². The van der Waals surface area contributed by atoms with E-state index in [1.807, 2.05) is 24.3 Å². The zero-order valence-electron chi connectivity index (χ0n) is 8.21. The van der Waals surface area contributed by atoms with Crippen molar-refractivity contribution in [2.24, 2.45) is 0 Å². The molecule has 1 N–H and O–H groups in total. The quantitative estimate of drug-likeness (QED) is 0.750. The van der Waals surface area contributed by atoms with E-state index >= 15 is 0 Å². The number of hydrogen-bond acceptors (Lipinski definition) is 1. The third-order valence-corrected chi connectivity index (χ3v) is 4.19. The monoisotopic (exact) mass is 214 g/mol. The first-order valence-corrected chi connectivity index (χ1v) is 8.30. The van der Waals surface area contributed by atoms with Crippen LogP contribution in [0.4, 0.5) is 0 Å². The number of aliphatic hydroxyl groups excluding tert-OH is 1. The van der Waals surface area contributed by atoms with Crippen molar-refractivity contribution >= 4 is 19.7 Å². The molecule has 1 atom stereocenters. The van der Waals surface area contributed by atoms with Gasteiger partial charge >= 0.3 is 0 Å². The highest BCUT2D eigenvalue weighted by Crippen LogP contribution is 2.25. The molecule has 0 saturated carbocycles. The zero-order valence-corrected chi connectivity index (χ0v) is 9.97. The fraction of sp³-hybridized carbons (Fsp3) is 0.400. The Labute approximate surface area is 85.4 Å². The number of hydrogen-bond donors (Lipinski definition) is 1. The summed E-state index contributed by atoms with van der Waals surface area (Å²) in [6, 6.07) is 7.46. The molecule has 0 aromatic heterocycles. The number of rotatable bonds is 2. The zero-order chi connectivity index (χ0) is 10.1. The van der Waals surface area contributed by atoms with Crippen LogP contribution in [0.25, 0.3) is 0 Å². The summed E-state index contributed by atoms with van der Waals surface area (Å²) < 4.78 is 0. The summed E-state index contributed by atoms with van der Waals surface area (Å²) in [6.45, 7) is 6.41. The van der Waals surface area contributed by atoms with Gasteiger partial charge in [-0.3, -0.25) is 0 Å². The predicted molar refractivity (Wildman–Crippen MR) is 59.8 cm³/mol. The van der Waals surface area contributed by atoms with Gasteiger partial charge in [-0.05, 0) is 17.7 Å².